The smallest absolute Gasteiger partial charge is 0.321 e. The zero-order chi connectivity index (χ0) is 11.9. The first-order valence-corrected chi connectivity index (χ1v) is 5.95. The van der Waals surface area contributed by atoms with Crippen molar-refractivity contribution in [2.75, 3.05) is 13.1 Å². The number of hydrogen-bond donors (Lipinski definition) is 4. The number of hydrogen-bond acceptors (Lipinski definition) is 4. The first-order chi connectivity index (χ1) is 8.21. The Bertz CT molecular complexity index is 436. The Balaban J connectivity index is 2.00. The molecule has 92 valence electrons. The van der Waals surface area contributed by atoms with Crippen molar-refractivity contribution in [1.82, 2.24) is 20.6 Å². The second-order valence-corrected chi connectivity index (χ2v) is 4.80. The SMILES string of the molecule is O=C(O)[C@@H]1Cc2[nH]cnc2C2(CCNCC2)N1. The molecule has 1 fully saturated rings. The number of aromatic amines is 1. The molecular weight excluding hydrogens is 220 g/mol. The second-order valence-electron chi connectivity index (χ2n) is 4.80. The monoisotopic (exact) mass is 236 g/mol. The molecule has 4 N–H and O–H groups in total. The lowest BCUT2D eigenvalue weighted by Gasteiger charge is -2.42. The second kappa shape index (κ2) is 3.82. The zero-order valence-electron chi connectivity index (χ0n) is 9.49. The predicted molar refractivity (Wildman–Crippen MR) is 60.6 cm³/mol. The molecule has 3 rings (SSSR count). The zero-order valence-corrected chi connectivity index (χ0v) is 9.49. The Morgan fingerprint density at radius 2 is 2.24 bits per heavy atom. The summed E-state index contributed by atoms with van der Waals surface area (Å²) in [6.07, 6.45) is 3.92. The number of aliphatic carboxylic acids is 1. The Labute approximate surface area is 98.8 Å². The summed E-state index contributed by atoms with van der Waals surface area (Å²) in [6.45, 7) is 1.79. The number of aromatic nitrogens is 2. The van der Waals surface area contributed by atoms with E-state index in [0.29, 0.717) is 6.42 Å². The van der Waals surface area contributed by atoms with Crippen molar-refractivity contribution in [1.29, 1.82) is 0 Å². The lowest BCUT2D eigenvalue weighted by Crippen LogP contribution is -2.59. The Kier molecular flexibility index (Phi) is 2.41. The van der Waals surface area contributed by atoms with Crippen LogP contribution < -0.4 is 10.6 Å². The van der Waals surface area contributed by atoms with Crippen LogP contribution in [0, 0.1) is 0 Å². The minimum absolute atomic E-state index is 0.262. The van der Waals surface area contributed by atoms with Crippen LogP contribution in [0.15, 0.2) is 6.33 Å². The summed E-state index contributed by atoms with van der Waals surface area (Å²) in [5.74, 6) is -0.789. The van der Waals surface area contributed by atoms with Gasteiger partial charge in [0, 0.05) is 12.1 Å². The van der Waals surface area contributed by atoms with Gasteiger partial charge in [-0.25, -0.2) is 4.98 Å². The Morgan fingerprint density at radius 3 is 2.94 bits per heavy atom. The molecule has 1 saturated heterocycles. The molecule has 17 heavy (non-hydrogen) atoms. The summed E-state index contributed by atoms with van der Waals surface area (Å²) >= 11 is 0. The fourth-order valence-corrected chi connectivity index (χ4v) is 2.93. The molecule has 0 radical (unpaired) electrons. The molecule has 3 heterocycles. The van der Waals surface area contributed by atoms with Gasteiger partial charge in [-0.1, -0.05) is 0 Å². The van der Waals surface area contributed by atoms with Crippen molar-refractivity contribution in [2.45, 2.75) is 30.8 Å². The highest BCUT2D eigenvalue weighted by Crippen LogP contribution is 2.35. The number of carboxylic acids is 1. The number of carbonyl (C=O) groups is 1. The average Bonchev–Trinajstić information content (AvgIpc) is 2.79. The fourth-order valence-electron chi connectivity index (χ4n) is 2.93. The summed E-state index contributed by atoms with van der Waals surface area (Å²) in [4.78, 5) is 18.7. The van der Waals surface area contributed by atoms with E-state index in [2.05, 4.69) is 20.6 Å². The molecule has 6 heteroatoms. The van der Waals surface area contributed by atoms with Gasteiger partial charge in [0.1, 0.15) is 6.04 Å². The van der Waals surface area contributed by atoms with Gasteiger partial charge in [-0.2, -0.15) is 0 Å². The molecule has 0 aromatic carbocycles. The number of nitrogens with one attached hydrogen (secondary N) is 3. The third kappa shape index (κ3) is 1.64. The summed E-state index contributed by atoms with van der Waals surface area (Å²) in [5, 5.41) is 15.8. The standard InChI is InChI=1S/C11H16N4O2/c16-10(17)8-5-7-9(14-6-13-7)11(15-8)1-3-12-4-2-11/h6,8,12,15H,1-5H2,(H,13,14)(H,16,17)/t8-/m0/s1. The normalized spacial score (nSPS) is 26.7. The number of fused-ring (bicyclic) bond motifs is 2. The maximum absolute atomic E-state index is 11.2. The van der Waals surface area contributed by atoms with Crippen molar-refractivity contribution in [3.8, 4) is 0 Å². The van der Waals surface area contributed by atoms with E-state index in [1.165, 1.54) is 0 Å². The van der Waals surface area contributed by atoms with Crippen LogP contribution in [-0.4, -0.2) is 40.2 Å². The third-order valence-electron chi connectivity index (χ3n) is 3.79. The van der Waals surface area contributed by atoms with E-state index in [1.807, 2.05) is 0 Å². The molecule has 2 aliphatic heterocycles. The van der Waals surface area contributed by atoms with Crippen LogP contribution in [0.5, 0.6) is 0 Å². The number of rotatable bonds is 1. The maximum atomic E-state index is 11.2. The molecule has 1 aromatic rings. The molecule has 6 nitrogen and oxygen atoms in total. The number of piperidine rings is 1. The van der Waals surface area contributed by atoms with Gasteiger partial charge in [-0.05, 0) is 25.9 Å². The first-order valence-electron chi connectivity index (χ1n) is 5.95. The fraction of sp³-hybridized carbons (Fsp3) is 0.636. The van der Waals surface area contributed by atoms with Crippen LogP contribution >= 0.6 is 0 Å². The van der Waals surface area contributed by atoms with Gasteiger partial charge >= 0.3 is 5.97 Å². The van der Waals surface area contributed by atoms with Gasteiger partial charge < -0.3 is 15.4 Å². The summed E-state index contributed by atoms with van der Waals surface area (Å²) < 4.78 is 0. The largest absolute Gasteiger partial charge is 0.480 e. The van der Waals surface area contributed by atoms with E-state index < -0.39 is 12.0 Å². The minimum Gasteiger partial charge on any atom is -0.480 e. The molecule has 1 spiro atoms. The van der Waals surface area contributed by atoms with Gasteiger partial charge in [0.05, 0.1) is 17.6 Å². The summed E-state index contributed by atoms with van der Waals surface area (Å²) in [6, 6.07) is -0.513. The van der Waals surface area contributed by atoms with E-state index in [1.54, 1.807) is 6.33 Å². The van der Waals surface area contributed by atoms with E-state index in [-0.39, 0.29) is 5.54 Å². The van der Waals surface area contributed by atoms with Gasteiger partial charge in [-0.3, -0.25) is 10.1 Å². The van der Waals surface area contributed by atoms with Crippen LogP contribution in [0.1, 0.15) is 24.2 Å². The molecule has 1 atom stereocenters. The molecule has 1 aromatic heterocycles. The third-order valence-corrected chi connectivity index (χ3v) is 3.79. The Hall–Kier alpha value is -1.40. The van der Waals surface area contributed by atoms with Crippen molar-refractivity contribution >= 4 is 5.97 Å². The number of imidazole rings is 1. The van der Waals surface area contributed by atoms with Gasteiger partial charge in [0.25, 0.3) is 0 Å². The van der Waals surface area contributed by atoms with Crippen molar-refractivity contribution in [2.24, 2.45) is 0 Å². The van der Waals surface area contributed by atoms with E-state index >= 15 is 0 Å². The average molecular weight is 236 g/mol. The van der Waals surface area contributed by atoms with Crippen LogP contribution in [0.25, 0.3) is 0 Å². The highest BCUT2D eigenvalue weighted by Gasteiger charge is 2.44. The van der Waals surface area contributed by atoms with E-state index in [9.17, 15) is 9.90 Å². The lowest BCUT2D eigenvalue weighted by atomic mass is 9.79. The van der Waals surface area contributed by atoms with E-state index in [4.69, 9.17) is 0 Å². The number of H-pyrrole nitrogens is 1. The maximum Gasteiger partial charge on any atom is 0.321 e. The Morgan fingerprint density at radius 1 is 1.47 bits per heavy atom. The highest BCUT2D eigenvalue weighted by molar-refractivity contribution is 5.74. The van der Waals surface area contributed by atoms with E-state index in [0.717, 1.165) is 37.3 Å². The van der Waals surface area contributed by atoms with Crippen LogP contribution in [0.3, 0.4) is 0 Å². The predicted octanol–water partition coefficient (Wildman–Crippen LogP) is -0.413. The van der Waals surface area contributed by atoms with Gasteiger partial charge in [0.2, 0.25) is 0 Å². The quantitative estimate of drug-likeness (QED) is 0.532. The minimum atomic E-state index is -0.789. The topological polar surface area (TPSA) is 90.0 Å². The van der Waals surface area contributed by atoms with Crippen LogP contribution in [0.4, 0.5) is 0 Å². The van der Waals surface area contributed by atoms with Crippen molar-refractivity contribution < 1.29 is 9.90 Å². The molecular formula is C11H16N4O2. The summed E-state index contributed by atoms with van der Waals surface area (Å²) in [5.41, 5.74) is 1.72. The van der Waals surface area contributed by atoms with Crippen molar-refractivity contribution in [3.05, 3.63) is 17.7 Å². The molecule has 0 aliphatic carbocycles. The molecule has 0 bridgehead atoms. The molecule has 0 unspecified atom stereocenters. The highest BCUT2D eigenvalue weighted by atomic mass is 16.4. The first kappa shape index (κ1) is 10.7. The molecule has 0 saturated carbocycles. The van der Waals surface area contributed by atoms with Crippen LogP contribution in [0.2, 0.25) is 0 Å². The number of nitrogens with zero attached hydrogens (tertiary/aromatic N) is 1. The molecule has 2 aliphatic rings. The summed E-state index contributed by atoms with van der Waals surface area (Å²) in [7, 11) is 0. The van der Waals surface area contributed by atoms with Crippen LogP contribution in [-0.2, 0) is 16.8 Å². The lowest BCUT2D eigenvalue weighted by molar-refractivity contribution is -0.140. The number of carboxylic acid groups (broad SMARTS) is 1. The molecule has 0 amide bonds. The van der Waals surface area contributed by atoms with Gasteiger partial charge in [-0.15, -0.1) is 0 Å². The van der Waals surface area contributed by atoms with Crippen molar-refractivity contribution in [3.63, 3.8) is 0 Å². The van der Waals surface area contributed by atoms with Gasteiger partial charge in [0.15, 0.2) is 0 Å².